The number of ether oxygens (including phenoxy) is 2. The fourth-order valence-corrected chi connectivity index (χ4v) is 9.27. The predicted octanol–water partition coefficient (Wildman–Crippen LogP) is 5.82. The Morgan fingerprint density at radius 3 is 2.47 bits per heavy atom. The summed E-state index contributed by atoms with van der Waals surface area (Å²) in [7, 11) is -4.52. The van der Waals surface area contributed by atoms with Gasteiger partial charge in [-0.25, -0.2) is 18.3 Å². The van der Waals surface area contributed by atoms with E-state index in [4.69, 9.17) is 21.1 Å². The van der Waals surface area contributed by atoms with E-state index in [1.165, 1.54) is 49.0 Å². The summed E-state index contributed by atoms with van der Waals surface area (Å²) in [6.07, 6.45) is 10.1. The van der Waals surface area contributed by atoms with Gasteiger partial charge < -0.3 is 30.0 Å². The monoisotopic (exact) mass is 834 g/mol. The normalized spacial score (nSPS) is 19.1. The van der Waals surface area contributed by atoms with E-state index < -0.39 is 21.2 Å². The summed E-state index contributed by atoms with van der Waals surface area (Å²) in [5.41, 5.74) is 2.62. The molecule has 16 heteroatoms. The molecule has 1 aromatic heterocycles. The van der Waals surface area contributed by atoms with E-state index in [0.717, 1.165) is 75.1 Å². The second-order valence-corrected chi connectivity index (χ2v) is 17.5. The van der Waals surface area contributed by atoms with Crippen molar-refractivity contribution in [2.75, 3.05) is 56.2 Å². The number of anilines is 2. The highest BCUT2D eigenvalue weighted by molar-refractivity contribution is 7.90. The number of aromatic nitrogens is 1. The molecule has 0 aliphatic carbocycles. The number of carbonyl (C=O) groups is 1. The number of piperidine rings is 2. The first-order chi connectivity index (χ1) is 28.1. The Kier molecular flexibility index (Phi) is 13.8. The molecule has 3 aromatic carbocycles. The van der Waals surface area contributed by atoms with E-state index in [2.05, 4.69) is 37.0 Å². The number of likely N-dealkylation sites (tertiary alicyclic amines) is 1. The lowest BCUT2D eigenvalue weighted by Gasteiger charge is -2.41. The van der Waals surface area contributed by atoms with Crippen molar-refractivity contribution in [1.82, 2.24) is 14.6 Å². The second-order valence-electron chi connectivity index (χ2n) is 15.3. The number of carbonyl (C=O) groups excluding carboxylic acids is 1. The number of nitrogens with one attached hydrogen (secondary N) is 3. The van der Waals surface area contributed by atoms with Crippen LogP contribution in [0.15, 0.2) is 84.0 Å². The van der Waals surface area contributed by atoms with E-state index in [1.807, 2.05) is 12.1 Å². The molecular weight excluding hydrogens is 784 g/mol. The van der Waals surface area contributed by atoms with Gasteiger partial charge in [0.25, 0.3) is 15.9 Å². The lowest BCUT2D eigenvalue weighted by atomic mass is 9.91. The van der Waals surface area contributed by atoms with Crippen LogP contribution in [0.2, 0.25) is 5.02 Å². The Hall–Kier alpha value is -4.32. The molecule has 2 unspecified atom stereocenters. The van der Waals surface area contributed by atoms with Crippen LogP contribution in [0.5, 0.6) is 11.5 Å². The Balaban J connectivity index is 1.06. The molecule has 310 valence electrons. The molecule has 0 saturated carbocycles. The van der Waals surface area contributed by atoms with Crippen LogP contribution in [0.1, 0.15) is 72.5 Å². The number of quaternary nitrogens is 1. The van der Waals surface area contributed by atoms with Crippen LogP contribution in [0, 0.1) is 17.0 Å². The van der Waals surface area contributed by atoms with Gasteiger partial charge in [0.2, 0.25) is 0 Å². The third kappa shape index (κ3) is 10.5. The zero-order valence-electron chi connectivity index (χ0n) is 32.3. The van der Waals surface area contributed by atoms with Crippen molar-refractivity contribution in [3.05, 3.63) is 106 Å². The van der Waals surface area contributed by atoms with Gasteiger partial charge in [-0.15, -0.1) is 0 Å². The van der Waals surface area contributed by atoms with Crippen molar-refractivity contribution >= 4 is 44.6 Å². The molecule has 3 fully saturated rings. The molecule has 0 spiro atoms. The summed E-state index contributed by atoms with van der Waals surface area (Å²) in [6, 6.07) is 18.9. The lowest BCUT2D eigenvalue weighted by molar-refractivity contribution is -0.990. The summed E-state index contributed by atoms with van der Waals surface area (Å²) in [6.45, 7) is 5.19. The van der Waals surface area contributed by atoms with Gasteiger partial charge >= 0.3 is 0 Å². The summed E-state index contributed by atoms with van der Waals surface area (Å²) < 4.78 is 40.9. The van der Waals surface area contributed by atoms with E-state index in [-0.39, 0.29) is 39.9 Å². The molecule has 0 radical (unpaired) electrons. The highest BCUT2D eigenvalue weighted by atomic mass is 35.5. The van der Waals surface area contributed by atoms with Crippen LogP contribution in [0.3, 0.4) is 0 Å². The molecule has 14 nitrogen and oxygen atoms in total. The molecular formula is C42H51ClN6O8S. The van der Waals surface area contributed by atoms with Gasteiger partial charge in [-0.2, -0.15) is 5.23 Å². The van der Waals surface area contributed by atoms with E-state index in [9.17, 15) is 28.7 Å². The smallest absolute Gasteiger partial charge is 0.268 e. The minimum absolute atomic E-state index is 0.0526. The van der Waals surface area contributed by atoms with Gasteiger partial charge in [-0.1, -0.05) is 30.2 Å². The third-order valence-electron chi connectivity index (χ3n) is 11.4. The molecule has 5 N–H and O–H groups in total. The van der Waals surface area contributed by atoms with Crippen LogP contribution in [0.4, 0.5) is 17.1 Å². The van der Waals surface area contributed by atoms with Crippen molar-refractivity contribution in [2.45, 2.75) is 62.5 Å². The number of hydrogen-bond donors (Lipinski definition) is 5. The molecule has 3 aliphatic rings. The number of hydrogen-bond acceptors (Lipinski definition) is 12. The van der Waals surface area contributed by atoms with E-state index >= 15 is 0 Å². The van der Waals surface area contributed by atoms with Crippen LogP contribution in [-0.4, -0.2) is 80.5 Å². The maximum absolute atomic E-state index is 13.8. The minimum Gasteiger partial charge on any atom is -0.595 e. The molecule has 3 aliphatic heterocycles. The number of pyridine rings is 1. The minimum atomic E-state index is -4.52. The van der Waals surface area contributed by atoms with Gasteiger partial charge in [-0.05, 0) is 110 Å². The maximum atomic E-state index is 13.8. The number of aliphatic hydroxyl groups excluding tert-OH is 1. The first-order valence-corrected chi connectivity index (χ1v) is 21.8. The molecule has 4 aromatic rings. The van der Waals surface area contributed by atoms with Crippen molar-refractivity contribution < 1.29 is 38.2 Å². The summed E-state index contributed by atoms with van der Waals surface area (Å²) in [5, 5.41) is 34.5. The quantitative estimate of drug-likeness (QED) is 0.0962. The average molecular weight is 835 g/mol. The standard InChI is InChI=1S/C42H51ClN6O8S/c43-33-6-4-32(5-7-33)39-3-1-2-16-48(39)27-30-12-17-47(18-13-30)34-8-10-37(41(22-34)57-35-21-31(28-50)24-44-26-35)42(51)46-58(54,55)36-9-11-38(40(23-36)49(52)53)45-25-29-14-19-56-20-15-29/h4-11,21-24,26,29-30,39,45,49-50,52H,1-3,12-20,25,27-28H2,(H,46,51). The number of nitrogens with zero attached hydrogens (tertiary/aromatic N) is 3. The largest absolute Gasteiger partial charge is 0.595 e. The maximum Gasteiger partial charge on any atom is 0.268 e. The summed E-state index contributed by atoms with van der Waals surface area (Å²) >= 11 is 6.18. The topological polar surface area (TPSA) is 181 Å². The van der Waals surface area contributed by atoms with Crippen molar-refractivity contribution in [3.8, 4) is 11.5 Å². The van der Waals surface area contributed by atoms with Crippen LogP contribution < -0.4 is 24.9 Å². The Morgan fingerprint density at radius 2 is 1.72 bits per heavy atom. The zero-order chi connectivity index (χ0) is 40.6. The number of sulfonamides is 1. The third-order valence-corrected chi connectivity index (χ3v) is 13.0. The molecule has 58 heavy (non-hydrogen) atoms. The predicted molar refractivity (Wildman–Crippen MR) is 220 cm³/mol. The molecule has 2 atom stereocenters. The number of benzene rings is 3. The van der Waals surface area contributed by atoms with Crippen molar-refractivity contribution in [3.63, 3.8) is 0 Å². The highest BCUT2D eigenvalue weighted by Crippen LogP contribution is 2.36. The SMILES string of the molecule is O=C(NS(=O)(=O)c1ccc(NCC2CCOCC2)c([NH+]([O-])O)c1)c1ccc(N2CCC(CN3CCCCC3c3ccc(Cl)cc3)CC2)cc1Oc1cncc(CO)c1. The highest BCUT2D eigenvalue weighted by Gasteiger charge is 2.30. The van der Waals surface area contributed by atoms with Crippen LogP contribution in [-0.2, 0) is 21.4 Å². The molecule has 3 saturated heterocycles. The van der Waals surface area contributed by atoms with E-state index in [1.54, 1.807) is 18.2 Å². The fraction of sp³-hybridized carbons (Fsp3) is 0.429. The van der Waals surface area contributed by atoms with Gasteiger partial charge in [-0.3, -0.25) is 14.7 Å². The Morgan fingerprint density at radius 1 is 0.948 bits per heavy atom. The zero-order valence-corrected chi connectivity index (χ0v) is 33.9. The fourth-order valence-electron chi connectivity index (χ4n) is 8.15. The van der Waals surface area contributed by atoms with Crippen molar-refractivity contribution in [2.24, 2.45) is 11.8 Å². The van der Waals surface area contributed by atoms with Gasteiger partial charge in [0.15, 0.2) is 5.69 Å². The van der Waals surface area contributed by atoms with Crippen LogP contribution in [0.25, 0.3) is 0 Å². The Bertz CT molecular complexity index is 2130. The Labute approximate surface area is 344 Å². The molecule has 1 amide bonds. The first kappa shape index (κ1) is 41.8. The number of rotatable bonds is 14. The van der Waals surface area contributed by atoms with Gasteiger partial charge in [0.1, 0.15) is 11.5 Å². The average Bonchev–Trinajstić information content (AvgIpc) is 3.24. The number of aliphatic hydroxyl groups is 1. The number of amides is 1. The van der Waals surface area contributed by atoms with Gasteiger partial charge in [0.05, 0.1) is 29.0 Å². The molecule has 0 bridgehead atoms. The summed E-state index contributed by atoms with van der Waals surface area (Å²) in [5.74, 6) is 0.213. The first-order valence-electron chi connectivity index (χ1n) is 19.9. The van der Waals surface area contributed by atoms with Crippen LogP contribution >= 0.6 is 11.6 Å². The molecule has 7 rings (SSSR count). The molecule has 4 heterocycles. The summed E-state index contributed by atoms with van der Waals surface area (Å²) in [4.78, 5) is 22.4. The van der Waals surface area contributed by atoms with Crippen molar-refractivity contribution in [1.29, 1.82) is 0 Å². The number of halogens is 1. The van der Waals surface area contributed by atoms with E-state index in [0.29, 0.717) is 43.2 Å². The lowest BCUT2D eigenvalue weighted by Crippen LogP contribution is -2.99. The van der Waals surface area contributed by atoms with Gasteiger partial charge in [0, 0.05) is 74.5 Å². The second kappa shape index (κ2) is 19.2.